The van der Waals surface area contributed by atoms with Crippen LogP contribution in [0.3, 0.4) is 0 Å². The third-order valence-electron chi connectivity index (χ3n) is 11.6. The van der Waals surface area contributed by atoms with E-state index in [1.54, 1.807) is 0 Å². The summed E-state index contributed by atoms with van der Waals surface area (Å²) in [6.45, 7) is 9.12. The third-order valence-corrected chi connectivity index (χ3v) is 11.6. The van der Waals surface area contributed by atoms with Crippen LogP contribution in [-0.4, -0.2) is 15.0 Å². The number of anilines is 6. The second-order valence-corrected chi connectivity index (χ2v) is 15.8. The molecule has 0 saturated carbocycles. The normalized spacial score (nSPS) is 14.0. The molecule has 2 aromatic heterocycles. The highest BCUT2D eigenvalue weighted by atomic mass is 15.2. The van der Waals surface area contributed by atoms with Gasteiger partial charge in [-0.15, -0.1) is 0 Å². The van der Waals surface area contributed by atoms with Crippen LogP contribution in [0.5, 0.6) is 0 Å². The quantitative estimate of drug-likeness (QED) is 0.164. The van der Waals surface area contributed by atoms with E-state index in [2.05, 4.69) is 195 Å². The van der Waals surface area contributed by atoms with Crippen LogP contribution >= 0.6 is 0 Å². The molecule has 56 heavy (non-hydrogen) atoms. The van der Waals surface area contributed by atoms with E-state index in [0.717, 1.165) is 79.3 Å². The van der Waals surface area contributed by atoms with Gasteiger partial charge in [0.05, 0.1) is 40.4 Å². The van der Waals surface area contributed by atoms with Crippen molar-refractivity contribution in [1.29, 1.82) is 0 Å². The van der Waals surface area contributed by atoms with E-state index in [1.807, 2.05) is 18.3 Å². The van der Waals surface area contributed by atoms with Gasteiger partial charge in [0.1, 0.15) is 0 Å². The van der Waals surface area contributed by atoms with E-state index in [9.17, 15) is 0 Å². The predicted octanol–water partition coefficient (Wildman–Crippen LogP) is 13.1. The Kier molecular flexibility index (Phi) is 7.75. The summed E-state index contributed by atoms with van der Waals surface area (Å²) in [5.74, 6) is 0. The fourth-order valence-corrected chi connectivity index (χ4v) is 8.65. The van der Waals surface area contributed by atoms with Gasteiger partial charge in [-0.1, -0.05) is 119 Å². The van der Waals surface area contributed by atoms with Crippen LogP contribution in [0.2, 0.25) is 0 Å². The fourth-order valence-electron chi connectivity index (χ4n) is 8.65. The number of fused-ring (bicyclic) bond motifs is 6. The molecule has 0 spiro atoms. The number of rotatable bonds is 7. The highest BCUT2D eigenvalue weighted by Gasteiger charge is 2.44. The minimum Gasteiger partial charge on any atom is -0.310 e. The van der Waals surface area contributed by atoms with E-state index in [1.165, 1.54) is 11.1 Å². The number of benzene rings is 6. The van der Waals surface area contributed by atoms with Crippen molar-refractivity contribution in [2.24, 2.45) is 0 Å². The molecule has 0 N–H and O–H groups in total. The molecule has 8 aromatic rings. The molecule has 0 unspecified atom stereocenters. The third kappa shape index (κ3) is 5.34. The van der Waals surface area contributed by atoms with Crippen LogP contribution in [0.15, 0.2) is 176 Å². The minimum absolute atomic E-state index is 0.340. The summed E-state index contributed by atoms with van der Waals surface area (Å²) in [5.41, 5.74) is 16.6. The molecule has 2 heterocycles. The average molecular weight is 724 g/mol. The lowest BCUT2D eigenvalue weighted by Crippen LogP contribution is -2.20. The van der Waals surface area contributed by atoms with Gasteiger partial charge in [-0.05, 0) is 90.0 Å². The van der Waals surface area contributed by atoms with Crippen molar-refractivity contribution in [3.63, 3.8) is 0 Å². The summed E-state index contributed by atoms with van der Waals surface area (Å²) in [7, 11) is 0. The standard InChI is InChI=1S/C51H41N5/c1-50(2)43-31-34(45-30-27-40(33-52-45)56(37-21-13-7-14-22-37)38-23-15-8-16-24-38)25-28-41(43)46-48(50)54-47-42-29-26-39(32-44(42)51(3,4)49(47)53-46)55(35-17-9-5-10-18-35)36-19-11-6-12-20-36/h5-33H,1-4H3. The molecule has 0 amide bonds. The Hall–Kier alpha value is -6.85. The molecule has 0 bridgehead atoms. The summed E-state index contributed by atoms with van der Waals surface area (Å²) in [4.78, 5) is 20.6. The zero-order valence-corrected chi connectivity index (χ0v) is 32.0. The molecule has 2 aliphatic rings. The summed E-state index contributed by atoms with van der Waals surface area (Å²) < 4.78 is 0. The fraction of sp³-hybridized carbons (Fsp3) is 0.118. The molecule has 5 heteroatoms. The molecule has 270 valence electrons. The van der Waals surface area contributed by atoms with Crippen molar-refractivity contribution >= 4 is 34.1 Å². The maximum Gasteiger partial charge on any atom is 0.0933 e. The molecule has 0 aliphatic heterocycles. The summed E-state index contributed by atoms with van der Waals surface area (Å²) in [6, 6.07) is 59.8. The number of hydrogen-bond acceptors (Lipinski definition) is 5. The Morgan fingerprint density at radius 3 is 1.25 bits per heavy atom. The number of aromatic nitrogens is 3. The first-order valence-electron chi connectivity index (χ1n) is 19.3. The Balaban J connectivity index is 1.00. The van der Waals surface area contributed by atoms with Gasteiger partial charge in [0.2, 0.25) is 0 Å². The van der Waals surface area contributed by atoms with Crippen molar-refractivity contribution in [3.05, 3.63) is 199 Å². The summed E-state index contributed by atoms with van der Waals surface area (Å²) in [6.07, 6.45) is 1.97. The second kappa shape index (κ2) is 12.9. The van der Waals surface area contributed by atoms with Gasteiger partial charge < -0.3 is 9.80 Å². The van der Waals surface area contributed by atoms with Crippen LogP contribution < -0.4 is 9.80 Å². The van der Waals surface area contributed by atoms with Gasteiger partial charge in [-0.3, -0.25) is 4.98 Å². The van der Waals surface area contributed by atoms with Crippen LogP contribution in [0, 0.1) is 0 Å². The first-order valence-corrected chi connectivity index (χ1v) is 19.3. The molecule has 6 aromatic carbocycles. The van der Waals surface area contributed by atoms with E-state index in [-0.39, 0.29) is 10.8 Å². The molecule has 0 saturated heterocycles. The van der Waals surface area contributed by atoms with Gasteiger partial charge in [0.15, 0.2) is 0 Å². The molecule has 0 radical (unpaired) electrons. The molecule has 10 rings (SSSR count). The van der Waals surface area contributed by atoms with E-state index >= 15 is 0 Å². The number of nitrogens with zero attached hydrogens (tertiary/aromatic N) is 5. The van der Waals surface area contributed by atoms with Crippen molar-refractivity contribution in [3.8, 4) is 33.8 Å². The summed E-state index contributed by atoms with van der Waals surface area (Å²) >= 11 is 0. The number of pyridine rings is 1. The van der Waals surface area contributed by atoms with E-state index in [4.69, 9.17) is 15.0 Å². The zero-order chi connectivity index (χ0) is 38.0. The molecule has 0 atom stereocenters. The molecule has 2 aliphatic carbocycles. The number of para-hydroxylation sites is 4. The predicted molar refractivity (Wildman–Crippen MR) is 230 cm³/mol. The SMILES string of the molecule is CC1(C)c2cc(-c3ccc(N(c4ccccc4)c4ccccc4)cn3)ccc2-c2nc3c(nc21)-c1ccc(N(c2ccccc2)c2ccccc2)cc1C3(C)C. The Bertz CT molecular complexity index is 2650. The maximum atomic E-state index is 5.52. The topological polar surface area (TPSA) is 45.2 Å². The van der Waals surface area contributed by atoms with Crippen molar-refractivity contribution in [2.45, 2.75) is 38.5 Å². The van der Waals surface area contributed by atoms with Crippen LogP contribution in [-0.2, 0) is 10.8 Å². The molecular weight excluding hydrogens is 683 g/mol. The second-order valence-electron chi connectivity index (χ2n) is 15.8. The first kappa shape index (κ1) is 33.7. The van der Waals surface area contributed by atoms with Crippen molar-refractivity contribution < 1.29 is 0 Å². The van der Waals surface area contributed by atoms with Gasteiger partial charge >= 0.3 is 0 Å². The lowest BCUT2D eigenvalue weighted by molar-refractivity contribution is 0.617. The van der Waals surface area contributed by atoms with Crippen LogP contribution in [0.25, 0.3) is 33.8 Å². The largest absolute Gasteiger partial charge is 0.310 e. The van der Waals surface area contributed by atoms with E-state index < -0.39 is 0 Å². The lowest BCUT2D eigenvalue weighted by Gasteiger charge is -2.27. The highest BCUT2D eigenvalue weighted by Crippen LogP contribution is 2.54. The molecular formula is C51H41N5. The van der Waals surface area contributed by atoms with Crippen LogP contribution in [0.4, 0.5) is 34.1 Å². The lowest BCUT2D eigenvalue weighted by atomic mass is 9.84. The Labute approximate surface area is 328 Å². The van der Waals surface area contributed by atoms with Gasteiger partial charge in [0.25, 0.3) is 0 Å². The smallest absolute Gasteiger partial charge is 0.0933 e. The summed E-state index contributed by atoms with van der Waals surface area (Å²) in [5, 5.41) is 0. The Morgan fingerprint density at radius 1 is 0.393 bits per heavy atom. The van der Waals surface area contributed by atoms with Crippen LogP contribution in [0.1, 0.15) is 50.2 Å². The Morgan fingerprint density at radius 2 is 0.804 bits per heavy atom. The zero-order valence-electron chi connectivity index (χ0n) is 32.0. The van der Waals surface area contributed by atoms with Crippen molar-refractivity contribution in [1.82, 2.24) is 15.0 Å². The highest BCUT2D eigenvalue weighted by molar-refractivity contribution is 5.87. The maximum absolute atomic E-state index is 5.52. The van der Waals surface area contributed by atoms with E-state index in [0.29, 0.717) is 0 Å². The van der Waals surface area contributed by atoms with Gasteiger partial charge in [-0.2, -0.15) is 0 Å². The minimum atomic E-state index is -0.343. The number of hydrogen-bond donors (Lipinski definition) is 0. The average Bonchev–Trinajstić information content (AvgIpc) is 3.60. The molecule has 0 fully saturated rings. The van der Waals surface area contributed by atoms with Crippen molar-refractivity contribution in [2.75, 3.05) is 9.80 Å². The first-order chi connectivity index (χ1) is 27.3. The van der Waals surface area contributed by atoms with Gasteiger partial charge in [-0.25, -0.2) is 9.97 Å². The molecule has 5 nitrogen and oxygen atoms in total. The monoisotopic (exact) mass is 723 g/mol. The van der Waals surface area contributed by atoms with Gasteiger partial charge in [0, 0.05) is 56.0 Å².